The van der Waals surface area contributed by atoms with Gasteiger partial charge < -0.3 is 15.2 Å². The Hall–Kier alpha value is -0.930. The van der Waals surface area contributed by atoms with Gasteiger partial charge in [-0.3, -0.25) is 0 Å². The summed E-state index contributed by atoms with van der Waals surface area (Å²) in [5, 5.41) is 12.4. The van der Waals surface area contributed by atoms with E-state index in [1.165, 1.54) is 0 Å². The molecule has 0 spiro atoms. The summed E-state index contributed by atoms with van der Waals surface area (Å²) < 4.78 is 5.04. The Morgan fingerprint density at radius 1 is 1.36 bits per heavy atom. The number of hydrogen-bond donors (Lipinski definition) is 2. The lowest BCUT2D eigenvalue weighted by molar-refractivity contribution is 0.172. The molecule has 0 heterocycles. The molecule has 0 aliphatic carbocycles. The van der Waals surface area contributed by atoms with E-state index >= 15 is 0 Å². The zero-order valence-electron chi connectivity index (χ0n) is 8.87. The van der Waals surface area contributed by atoms with E-state index in [1.54, 1.807) is 22.8 Å². The molecule has 1 rings (SSSR count). The summed E-state index contributed by atoms with van der Waals surface area (Å²) >= 11 is 0. The minimum Gasteiger partial charge on any atom is -0.497 e. The standard InChI is InChI=1S/C9H15B2NO2/c1-14-8-4-2-7(3-5-8)6-12-9(10,11)13/h2-5,12-13H,6,10-11H2,1H3. The van der Waals surface area contributed by atoms with Gasteiger partial charge in [0.15, 0.2) is 0 Å². The van der Waals surface area contributed by atoms with Crippen LogP contribution in [-0.2, 0) is 6.54 Å². The molecule has 1 aromatic carbocycles. The fourth-order valence-corrected chi connectivity index (χ4v) is 1.06. The van der Waals surface area contributed by atoms with Crippen molar-refractivity contribution < 1.29 is 9.84 Å². The normalized spacial score (nSPS) is 11.3. The number of nitrogens with one attached hydrogen (secondary N) is 1. The molecule has 2 N–H and O–H groups in total. The van der Waals surface area contributed by atoms with E-state index in [4.69, 9.17) is 4.74 Å². The number of methoxy groups -OCH3 is 1. The molecule has 1 aromatic rings. The maximum atomic E-state index is 9.44. The average Bonchev–Trinajstić information content (AvgIpc) is 2.14. The first kappa shape index (κ1) is 11.1. The van der Waals surface area contributed by atoms with Gasteiger partial charge in [0.2, 0.25) is 0 Å². The highest BCUT2D eigenvalue weighted by atomic mass is 16.5. The summed E-state index contributed by atoms with van der Waals surface area (Å²) in [5.41, 5.74) is 0.285. The van der Waals surface area contributed by atoms with Crippen molar-refractivity contribution in [1.82, 2.24) is 5.32 Å². The van der Waals surface area contributed by atoms with Crippen LogP contribution in [0.5, 0.6) is 5.75 Å². The molecule has 0 unspecified atom stereocenters. The first-order valence-electron chi connectivity index (χ1n) is 4.61. The fraction of sp³-hybridized carbons (Fsp3) is 0.333. The Balaban J connectivity index is 2.52. The number of aliphatic hydroxyl groups is 1. The number of ether oxygens (including phenoxy) is 1. The molecule has 0 radical (unpaired) electrons. The van der Waals surface area contributed by atoms with Crippen molar-refractivity contribution in [2.45, 2.75) is 12.1 Å². The third-order valence-corrected chi connectivity index (χ3v) is 1.88. The van der Waals surface area contributed by atoms with Gasteiger partial charge in [0.05, 0.1) is 7.11 Å². The van der Waals surface area contributed by atoms with Gasteiger partial charge in [-0.1, -0.05) is 12.1 Å². The van der Waals surface area contributed by atoms with E-state index < -0.39 is 5.52 Å². The van der Waals surface area contributed by atoms with Crippen LogP contribution in [0.3, 0.4) is 0 Å². The average molecular weight is 191 g/mol. The first-order chi connectivity index (χ1) is 6.51. The molecule has 0 atom stereocenters. The summed E-state index contributed by atoms with van der Waals surface area (Å²) in [6.45, 7) is 0.646. The summed E-state index contributed by atoms with van der Waals surface area (Å²) in [7, 11) is 5.08. The zero-order valence-corrected chi connectivity index (χ0v) is 8.87. The molecular formula is C9H15B2NO2. The Labute approximate surface area is 86.3 Å². The van der Waals surface area contributed by atoms with E-state index in [0.717, 1.165) is 11.3 Å². The van der Waals surface area contributed by atoms with Crippen LogP contribution >= 0.6 is 0 Å². The van der Waals surface area contributed by atoms with Crippen LogP contribution in [0.4, 0.5) is 0 Å². The lowest BCUT2D eigenvalue weighted by atomic mass is 9.73. The quantitative estimate of drug-likeness (QED) is 0.456. The summed E-state index contributed by atoms with van der Waals surface area (Å²) in [5.74, 6) is 0.844. The van der Waals surface area contributed by atoms with Crippen LogP contribution in [0.15, 0.2) is 24.3 Å². The van der Waals surface area contributed by atoms with Gasteiger partial charge in [-0.05, 0) is 17.7 Å². The van der Waals surface area contributed by atoms with Crippen molar-refractivity contribution in [3.05, 3.63) is 29.8 Å². The maximum Gasteiger partial charge on any atom is 0.149 e. The fourth-order valence-electron chi connectivity index (χ4n) is 1.06. The lowest BCUT2D eigenvalue weighted by Crippen LogP contribution is -2.45. The third kappa shape index (κ3) is 3.85. The molecule has 0 saturated carbocycles. The molecule has 0 aromatic heterocycles. The monoisotopic (exact) mass is 191 g/mol. The molecular weight excluding hydrogens is 176 g/mol. The second-order valence-corrected chi connectivity index (χ2v) is 3.76. The first-order valence-corrected chi connectivity index (χ1v) is 4.61. The van der Waals surface area contributed by atoms with Crippen LogP contribution in [0.2, 0.25) is 0 Å². The Bertz CT molecular complexity index is 282. The van der Waals surface area contributed by atoms with Gasteiger partial charge in [-0.25, -0.2) is 0 Å². The summed E-state index contributed by atoms with van der Waals surface area (Å²) in [6, 6.07) is 7.75. The van der Waals surface area contributed by atoms with E-state index in [1.807, 2.05) is 24.3 Å². The van der Waals surface area contributed by atoms with Crippen molar-refractivity contribution in [2.24, 2.45) is 0 Å². The lowest BCUT2D eigenvalue weighted by Gasteiger charge is -2.19. The van der Waals surface area contributed by atoms with E-state index in [0.29, 0.717) is 6.54 Å². The molecule has 0 fully saturated rings. The summed E-state index contributed by atoms with van der Waals surface area (Å²) in [6.07, 6.45) is 0. The maximum absolute atomic E-state index is 9.44. The molecule has 0 aliphatic heterocycles. The van der Waals surface area contributed by atoms with Crippen molar-refractivity contribution >= 4 is 15.7 Å². The number of rotatable bonds is 4. The van der Waals surface area contributed by atoms with E-state index in [2.05, 4.69) is 5.32 Å². The summed E-state index contributed by atoms with van der Waals surface area (Å²) in [4.78, 5) is 0. The highest BCUT2D eigenvalue weighted by molar-refractivity contribution is 6.38. The SMILES string of the molecule is BC(B)(O)NCc1ccc(OC)cc1. The van der Waals surface area contributed by atoms with Crippen LogP contribution in [0.25, 0.3) is 0 Å². The van der Waals surface area contributed by atoms with Gasteiger partial charge >= 0.3 is 0 Å². The molecule has 0 aliphatic rings. The highest BCUT2D eigenvalue weighted by Gasteiger charge is 2.10. The molecule has 0 bridgehead atoms. The molecule has 0 amide bonds. The number of hydrogen-bond acceptors (Lipinski definition) is 3. The molecule has 5 heteroatoms. The zero-order chi connectivity index (χ0) is 10.6. The van der Waals surface area contributed by atoms with Gasteiger partial charge in [0, 0.05) is 12.1 Å². The molecule has 3 nitrogen and oxygen atoms in total. The van der Waals surface area contributed by atoms with Crippen LogP contribution in [-0.4, -0.2) is 33.4 Å². The molecule has 0 saturated heterocycles. The van der Waals surface area contributed by atoms with Gasteiger partial charge in [0.25, 0.3) is 0 Å². The van der Waals surface area contributed by atoms with Gasteiger partial charge in [0.1, 0.15) is 21.4 Å². The predicted octanol–water partition coefficient (Wildman–Crippen LogP) is -1.35. The minimum atomic E-state index is -0.833. The van der Waals surface area contributed by atoms with Crippen LogP contribution in [0.1, 0.15) is 5.56 Å². The van der Waals surface area contributed by atoms with E-state index in [-0.39, 0.29) is 0 Å². The Kier molecular flexibility index (Phi) is 3.61. The molecule has 74 valence electrons. The topological polar surface area (TPSA) is 41.5 Å². The van der Waals surface area contributed by atoms with Gasteiger partial charge in [-0.2, -0.15) is 0 Å². The number of benzene rings is 1. The highest BCUT2D eigenvalue weighted by Crippen LogP contribution is 2.11. The van der Waals surface area contributed by atoms with E-state index in [9.17, 15) is 5.11 Å². The van der Waals surface area contributed by atoms with Crippen molar-refractivity contribution in [3.63, 3.8) is 0 Å². The van der Waals surface area contributed by atoms with Crippen molar-refractivity contribution in [3.8, 4) is 5.75 Å². The Morgan fingerprint density at radius 3 is 2.36 bits per heavy atom. The molecule has 14 heavy (non-hydrogen) atoms. The predicted molar refractivity (Wildman–Crippen MR) is 61.9 cm³/mol. The van der Waals surface area contributed by atoms with Gasteiger partial charge in [-0.15, -0.1) is 0 Å². The third-order valence-electron chi connectivity index (χ3n) is 1.88. The Morgan fingerprint density at radius 2 is 1.93 bits per heavy atom. The van der Waals surface area contributed by atoms with Crippen LogP contribution < -0.4 is 10.1 Å². The van der Waals surface area contributed by atoms with Crippen LogP contribution in [0, 0.1) is 0 Å². The van der Waals surface area contributed by atoms with Crippen molar-refractivity contribution in [2.75, 3.05) is 7.11 Å². The second kappa shape index (κ2) is 4.53. The van der Waals surface area contributed by atoms with Crippen molar-refractivity contribution in [1.29, 1.82) is 0 Å². The largest absolute Gasteiger partial charge is 0.497 e. The smallest absolute Gasteiger partial charge is 0.149 e. The minimum absolute atomic E-state index is 0.646. The second-order valence-electron chi connectivity index (χ2n) is 3.76.